The largest absolute Gasteiger partial charge is 0.335 e. The van der Waals surface area contributed by atoms with Crippen LogP contribution in [0.4, 0.5) is 0 Å². The highest BCUT2D eigenvalue weighted by atomic mass is 15.3. The lowest BCUT2D eigenvalue weighted by Gasteiger charge is -2.16. The molecule has 0 amide bonds. The molecule has 4 heteroatoms. The summed E-state index contributed by atoms with van der Waals surface area (Å²) >= 11 is 0. The Morgan fingerprint density at radius 3 is 3.09 bits per heavy atom. The van der Waals surface area contributed by atoms with E-state index in [0.29, 0.717) is 0 Å². The molecule has 0 unspecified atom stereocenters. The lowest BCUT2D eigenvalue weighted by Crippen LogP contribution is -2.36. The molecule has 0 aromatic heterocycles. The highest BCUT2D eigenvalue weighted by Crippen LogP contribution is 2.06. The van der Waals surface area contributed by atoms with Gasteiger partial charge in [0.1, 0.15) is 0 Å². The van der Waals surface area contributed by atoms with Gasteiger partial charge in [0.25, 0.3) is 0 Å². The van der Waals surface area contributed by atoms with Gasteiger partial charge in [0, 0.05) is 13.1 Å². The van der Waals surface area contributed by atoms with Gasteiger partial charge in [0.15, 0.2) is 6.19 Å². The summed E-state index contributed by atoms with van der Waals surface area (Å²) in [6.45, 7) is 3.51. The fourth-order valence-electron chi connectivity index (χ4n) is 0.999. The molecule has 1 rings (SSSR count). The maximum atomic E-state index is 8.22. The van der Waals surface area contributed by atoms with Crippen molar-refractivity contribution in [3.8, 4) is 6.19 Å². The molecule has 2 N–H and O–H groups in total. The van der Waals surface area contributed by atoms with E-state index in [-0.39, 0.29) is 5.96 Å². The van der Waals surface area contributed by atoms with E-state index in [1.165, 1.54) is 5.57 Å². The zero-order valence-electron chi connectivity index (χ0n) is 6.39. The third kappa shape index (κ3) is 1.71. The molecular weight excluding hydrogens is 140 g/mol. The Kier molecular flexibility index (Phi) is 2.12. The quantitative estimate of drug-likeness (QED) is 0.171. The molecular formula is C7H10N4. The topological polar surface area (TPSA) is 62.9 Å². The zero-order chi connectivity index (χ0) is 8.27. The molecule has 0 aromatic rings. The predicted molar refractivity (Wildman–Crippen MR) is 41.8 cm³/mol. The van der Waals surface area contributed by atoms with Crippen molar-refractivity contribution in [3.05, 3.63) is 11.6 Å². The van der Waals surface area contributed by atoms with Gasteiger partial charge in [-0.3, -0.25) is 10.7 Å². The van der Waals surface area contributed by atoms with Crippen LogP contribution >= 0.6 is 0 Å². The fourth-order valence-corrected chi connectivity index (χ4v) is 0.999. The van der Waals surface area contributed by atoms with Crippen molar-refractivity contribution >= 4 is 5.96 Å². The number of hydrogen-bond donors (Lipinski definition) is 2. The molecule has 0 bridgehead atoms. The molecule has 1 aliphatic heterocycles. The van der Waals surface area contributed by atoms with Crippen LogP contribution in [0.5, 0.6) is 0 Å². The van der Waals surface area contributed by atoms with Gasteiger partial charge >= 0.3 is 0 Å². The predicted octanol–water partition coefficient (Wildman–Crippen LogP) is 0.254. The Hall–Kier alpha value is -1.50. The van der Waals surface area contributed by atoms with Crippen molar-refractivity contribution < 1.29 is 0 Å². The molecule has 4 nitrogen and oxygen atoms in total. The molecule has 0 aliphatic carbocycles. The average molecular weight is 150 g/mol. The van der Waals surface area contributed by atoms with Crippen LogP contribution in [-0.2, 0) is 0 Å². The maximum Gasteiger partial charge on any atom is 0.205 e. The van der Waals surface area contributed by atoms with Gasteiger partial charge in [-0.05, 0) is 6.92 Å². The third-order valence-electron chi connectivity index (χ3n) is 1.59. The van der Waals surface area contributed by atoms with Gasteiger partial charge in [-0.2, -0.15) is 5.26 Å². The third-order valence-corrected chi connectivity index (χ3v) is 1.59. The molecule has 11 heavy (non-hydrogen) atoms. The summed E-state index contributed by atoms with van der Waals surface area (Å²) in [5, 5.41) is 17.8. The minimum Gasteiger partial charge on any atom is -0.335 e. The minimum absolute atomic E-state index is 0.181. The summed E-state index contributed by atoms with van der Waals surface area (Å²) in [5.41, 5.74) is 1.24. The second kappa shape index (κ2) is 3.06. The summed E-state index contributed by atoms with van der Waals surface area (Å²) in [7, 11) is 0. The molecule has 1 heterocycles. The number of nitrogens with zero attached hydrogens (tertiary/aromatic N) is 2. The van der Waals surface area contributed by atoms with E-state index in [1.54, 1.807) is 11.1 Å². The standard InChI is InChI=1S/C7H10N4/c1-6-2-3-11(4-6)7(9)10-5-8/h2H,3-4H2,1H3,(H2,9,10). The molecule has 0 saturated heterocycles. The van der Waals surface area contributed by atoms with Crippen molar-refractivity contribution in [1.29, 1.82) is 10.7 Å². The highest BCUT2D eigenvalue weighted by molar-refractivity contribution is 5.79. The van der Waals surface area contributed by atoms with Crippen LogP contribution in [0.3, 0.4) is 0 Å². The van der Waals surface area contributed by atoms with E-state index in [2.05, 4.69) is 5.32 Å². The first-order valence-corrected chi connectivity index (χ1v) is 3.38. The van der Waals surface area contributed by atoms with Gasteiger partial charge in [-0.15, -0.1) is 0 Å². The van der Waals surface area contributed by atoms with Crippen LogP contribution in [0.15, 0.2) is 11.6 Å². The van der Waals surface area contributed by atoms with E-state index < -0.39 is 0 Å². The van der Waals surface area contributed by atoms with Gasteiger partial charge < -0.3 is 4.90 Å². The number of rotatable bonds is 0. The van der Waals surface area contributed by atoms with Crippen LogP contribution in [-0.4, -0.2) is 23.9 Å². The summed E-state index contributed by atoms with van der Waals surface area (Å²) in [4.78, 5) is 1.79. The Morgan fingerprint density at radius 2 is 2.64 bits per heavy atom. The summed E-state index contributed by atoms with van der Waals surface area (Å²) in [5.74, 6) is 0.181. The molecule has 0 aromatic carbocycles. The monoisotopic (exact) mass is 150 g/mol. The van der Waals surface area contributed by atoms with Crippen LogP contribution in [0.2, 0.25) is 0 Å². The van der Waals surface area contributed by atoms with E-state index in [4.69, 9.17) is 10.7 Å². The van der Waals surface area contributed by atoms with Gasteiger partial charge in [-0.25, -0.2) is 0 Å². The highest BCUT2D eigenvalue weighted by Gasteiger charge is 2.13. The number of guanidine groups is 1. The van der Waals surface area contributed by atoms with E-state index >= 15 is 0 Å². The fraction of sp³-hybridized carbons (Fsp3) is 0.429. The van der Waals surface area contributed by atoms with Crippen LogP contribution < -0.4 is 5.32 Å². The molecule has 1 aliphatic rings. The molecule has 58 valence electrons. The second-order valence-corrected chi connectivity index (χ2v) is 2.52. The lowest BCUT2D eigenvalue weighted by molar-refractivity contribution is 0.514. The van der Waals surface area contributed by atoms with Gasteiger partial charge in [0.2, 0.25) is 5.96 Å². The Morgan fingerprint density at radius 1 is 1.91 bits per heavy atom. The van der Waals surface area contributed by atoms with Crippen molar-refractivity contribution in [1.82, 2.24) is 10.2 Å². The SMILES string of the molecule is CC1=CCN(C(=N)NC#N)C1. The minimum atomic E-state index is 0.181. The van der Waals surface area contributed by atoms with Crippen LogP contribution in [0.1, 0.15) is 6.92 Å². The van der Waals surface area contributed by atoms with Crippen molar-refractivity contribution in [2.45, 2.75) is 6.92 Å². The first-order chi connectivity index (χ1) is 5.24. The second-order valence-electron chi connectivity index (χ2n) is 2.52. The summed E-state index contributed by atoms with van der Waals surface area (Å²) < 4.78 is 0. The Labute approximate surface area is 65.6 Å². The number of hydrogen-bond acceptors (Lipinski definition) is 2. The molecule has 0 spiro atoms. The molecule has 0 atom stereocenters. The van der Waals surface area contributed by atoms with E-state index in [1.807, 2.05) is 13.0 Å². The molecule has 0 fully saturated rings. The smallest absolute Gasteiger partial charge is 0.205 e. The van der Waals surface area contributed by atoms with Crippen molar-refractivity contribution in [2.24, 2.45) is 0 Å². The summed E-state index contributed by atoms with van der Waals surface area (Å²) in [6, 6.07) is 0. The zero-order valence-corrected chi connectivity index (χ0v) is 6.39. The van der Waals surface area contributed by atoms with Crippen LogP contribution in [0, 0.1) is 16.9 Å². The maximum absolute atomic E-state index is 8.22. The first-order valence-electron chi connectivity index (χ1n) is 3.38. The van der Waals surface area contributed by atoms with Crippen molar-refractivity contribution in [3.63, 3.8) is 0 Å². The molecule has 0 saturated carbocycles. The van der Waals surface area contributed by atoms with Gasteiger partial charge in [-0.1, -0.05) is 11.6 Å². The first kappa shape index (κ1) is 7.61. The lowest BCUT2D eigenvalue weighted by atomic mass is 10.3. The van der Waals surface area contributed by atoms with Crippen molar-refractivity contribution in [2.75, 3.05) is 13.1 Å². The molecule has 0 radical (unpaired) electrons. The normalized spacial score (nSPS) is 15.6. The Balaban J connectivity index is 2.42. The number of nitriles is 1. The summed E-state index contributed by atoms with van der Waals surface area (Å²) in [6.07, 6.45) is 3.77. The van der Waals surface area contributed by atoms with E-state index in [9.17, 15) is 0 Å². The van der Waals surface area contributed by atoms with Gasteiger partial charge in [0.05, 0.1) is 0 Å². The van der Waals surface area contributed by atoms with Crippen LogP contribution in [0.25, 0.3) is 0 Å². The average Bonchev–Trinajstić information content (AvgIpc) is 2.36. The number of nitrogens with one attached hydrogen (secondary N) is 2. The van der Waals surface area contributed by atoms with E-state index in [0.717, 1.165) is 13.1 Å². The Bertz CT molecular complexity index is 235.